The summed E-state index contributed by atoms with van der Waals surface area (Å²) < 4.78 is 0. The van der Waals surface area contributed by atoms with E-state index < -0.39 is 0 Å². The van der Waals surface area contributed by atoms with Crippen molar-refractivity contribution in [3.05, 3.63) is 58.6 Å². The molecule has 0 radical (unpaired) electrons. The maximum Gasteiger partial charge on any atom is 0.321 e. The van der Waals surface area contributed by atoms with Gasteiger partial charge in [-0.1, -0.05) is 36.7 Å². The Hall–Kier alpha value is -2.20. The fraction of sp³-hybridized carbons (Fsp3) is 0.350. The predicted octanol–water partition coefficient (Wildman–Crippen LogP) is 4.56. The molecule has 2 aromatic carbocycles. The van der Waals surface area contributed by atoms with Crippen LogP contribution in [0.3, 0.4) is 0 Å². The van der Waals surface area contributed by atoms with Gasteiger partial charge in [0.2, 0.25) is 0 Å². The van der Waals surface area contributed by atoms with Gasteiger partial charge in [-0.2, -0.15) is 0 Å². The first-order chi connectivity index (χ1) is 12.1. The molecule has 0 aromatic heterocycles. The van der Waals surface area contributed by atoms with Crippen LogP contribution in [0, 0.1) is 6.92 Å². The number of amides is 2. The van der Waals surface area contributed by atoms with Crippen LogP contribution in [0.15, 0.2) is 42.5 Å². The molecule has 25 heavy (non-hydrogen) atoms. The summed E-state index contributed by atoms with van der Waals surface area (Å²) >= 11 is 5.88. The van der Waals surface area contributed by atoms with E-state index in [-0.39, 0.29) is 6.03 Å². The van der Waals surface area contributed by atoms with Gasteiger partial charge in [-0.05, 0) is 48.7 Å². The lowest BCUT2D eigenvalue weighted by molar-refractivity contribution is 0.208. The summed E-state index contributed by atoms with van der Waals surface area (Å²) in [6, 6.07) is 13.6. The van der Waals surface area contributed by atoms with Crippen molar-refractivity contribution in [2.75, 3.05) is 36.4 Å². The zero-order valence-electron chi connectivity index (χ0n) is 14.8. The molecule has 1 fully saturated rings. The normalized spacial score (nSPS) is 14.5. The Kier molecular flexibility index (Phi) is 5.49. The highest BCUT2D eigenvalue weighted by atomic mass is 35.5. The standard InChI is InChI=1S/C20H24ClN3O/c1-3-16-6-4-5-15(2)19(16)23-11-13-24(14-12-23)20(25)22-18-9-7-17(21)8-10-18/h4-10H,3,11-14H2,1-2H3,(H,22,25). The maximum atomic E-state index is 12.4. The largest absolute Gasteiger partial charge is 0.368 e. The molecule has 3 rings (SSSR count). The van der Waals surface area contributed by atoms with Gasteiger partial charge in [0.25, 0.3) is 0 Å². The lowest BCUT2D eigenvalue weighted by Gasteiger charge is -2.37. The van der Waals surface area contributed by atoms with E-state index in [9.17, 15) is 4.79 Å². The van der Waals surface area contributed by atoms with Crippen molar-refractivity contribution >= 4 is 29.0 Å². The average Bonchev–Trinajstić information content (AvgIpc) is 2.63. The minimum absolute atomic E-state index is 0.0533. The number of anilines is 2. The molecule has 2 aromatic rings. The number of nitrogens with zero attached hydrogens (tertiary/aromatic N) is 2. The number of hydrogen-bond donors (Lipinski definition) is 1. The molecule has 0 saturated carbocycles. The van der Waals surface area contributed by atoms with Crippen molar-refractivity contribution in [1.82, 2.24) is 4.90 Å². The highest BCUT2D eigenvalue weighted by Gasteiger charge is 2.23. The van der Waals surface area contributed by atoms with E-state index >= 15 is 0 Å². The Morgan fingerprint density at radius 2 is 1.76 bits per heavy atom. The third-order valence-electron chi connectivity index (χ3n) is 4.68. The molecule has 5 heteroatoms. The van der Waals surface area contributed by atoms with Crippen LogP contribution in [0.2, 0.25) is 5.02 Å². The molecule has 0 bridgehead atoms. The van der Waals surface area contributed by atoms with Gasteiger partial charge in [0, 0.05) is 42.6 Å². The monoisotopic (exact) mass is 357 g/mol. The van der Waals surface area contributed by atoms with Crippen LogP contribution in [0.4, 0.5) is 16.2 Å². The number of urea groups is 1. The molecule has 2 amide bonds. The van der Waals surface area contributed by atoms with Gasteiger partial charge in [-0.3, -0.25) is 0 Å². The van der Waals surface area contributed by atoms with Crippen LogP contribution >= 0.6 is 11.6 Å². The second-order valence-electron chi connectivity index (χ2n) is 6.35. The van der Waals surface area contributed by atoms with E-state index in [4.69, 9.17) is 11.6 Å². The second-order valence-corrected chi connectivity index (χ2v) is 6.78. The van der Waals surface area contributed by atoms with E-state index in [1.165, 1.54) is 16.8 Å². The highest BCUT2D eigenvalue weighted by Crippen LogP contribution is 2.27. The SMILES string of the molecule is CCc1cccc(C)c1N1CCN(C(=O)Nc2ccc(Cl)cc2)CC1. The van der Waals surface area contributed by atoms with Gasteiger partial charge in [0.1, 0.15) is 0 Å². The van der Waals surface area contributed by atoms with Crippen molar-refractivity contribution in [3.8, 4) is 0 Å². The second kappa shape index (κ2) is 7.79. The van der Waals surface area contributed by atoms with E-state index in [2.05, 4.69) is 42.3 Å². The third kappa shape index (κ3) is 4.07. The summed E-state index contributed by atoms with van der Waals surface area (Å²) in [6.07, 6.45) is 1.02. The van der Waals surface area contributed by atoms with Crippen LogP contribution in [0.25, 0.3) is 0 Å². The van der Waals surface area contributed by atoms with E-state index in [0.717, 1.165) is 38.3 Å². The Morgan fingerprint density at radius 1 is 1.08 bits per heavy atom. The fourth-order valence-corrected chi connectivity index (χ4v) is 3.45. The molecular formula is C20H24ClN3O. The number of aryl methyl sites for hydroxylation is 2. The molecule has 1 heterocycles. The number of carbonyl (C=O) groups excluding carboxylic acids is 1. The Balaban J connectivity index is 1.62. The van der Waals surface area contributed by atoms with E-state index in [0.29, 0.717) is 5.02 Å². The van der Waals surface area contributed by atoms with Gasteiger partial charge in [0.15, 0.2) is 0 Å². The molecule has 0 atom stereocenters. The van der Waals surface area contributed by atoms with Crippen molar-refractivity contribution < 1.29 is 4.79 Å². The number of hydrogen-bond acceptors (Lipinski definition) is 2. The van der Waals surface area contributed by atoms with Crippen molar-refractivity contribution in [2.45, 2.75) is 20.3 Å². The van der Waals surface area contributed by atoms with Gasteiger partial charge in [0.05, 0.1) is 0 Å². The molecule has 1 N–H and O–H groups in total. The van der Waals surface area contributed by atoms with Crippen molar-refractivity contribution in [2.24, 2.45) is 0 Å². The quantitative estimate of drug-likeness (QED) is 0.873. The van der Waals surface area contributed by atoms with Gasteiger partial charge in [-0.25, -0.2) is 4.79 Å². The third-order valence-corrected chi connectivity index (χ3v) is 4.93. The summed E-state index contributed by atoms with van der Waals surface area (Å²) in [6.45, 7) is 7.49. The van der Waals surface area contributed by atoms with E-state index in [1.54, 1.807) is 12.1 Å². The molecule has 1 saturated heterocycles. The summed E-state index contributed by atoms with van der Waals surface area (Å²) in [5, 5.41) is 3.60. The minimum atomic E-state index is -0.0533. The minimum Gasteiger partial charge on any atom is -0.368 e. The number of benzene rings is 2. The number of piperazine rings is 1. The molecular weight excluding hydrogens is 334 g/mol. The smallest absolute Gasteiger partial charge is 0.321 e. The van der Waals surface area contributed by atoms with Crippen LogP contribution in [-0.4, -0.2) is 37.1 Å². The first-order valence-electron chi connectivity index (χ1n) is 8.73. The van der Waals surface area contributed by atoms with Crippen molar-refractivity contribution in [3.63, 3.8) is 0 Å². The summed E-state index contributed by atoms with van der Waals surface area (Å²) in [4.78, 5) is 16.7. The molecule has 0 spiro atoms. The fourth-order valence-electron chi connectivity index (χ4n) is 3.33. The Labute approximate surface area is 154 Å². The molecule has 1 aliphatic rings. The summed E-state index contributed by atoms with van der Waals surface area (Å²) in [5.41, 5.74) is 4.78. The number of rotatable bonds is 3. The van der Waals surface area contributed by atoms with Gasteiger partial charge >= 0.3 is 6.03 Å². The molecule has 0 unspecified atom stereocenters. The number of para-hydroxylation sites is 1. The predicted molar refractivity (Wildman–Crippen MR) is 105 cm³/mol. The topological polar surface area (TPSA) is 35.6 Å². The summed E-state index contributed by atoms with van der Waals surface area (Å²) in [7, 11) is 0. The Bertz CT molecular complexity index is 737. The lowest BCUT2D eigenvalue weighted by Crippen LogP contribution is -2.50. The molecule has 1 aliphatic heterocycles. The van der Waals surface area contributed by atoms with Crippen LogP contribution in [0.1, 0.15) is 18.1 Å². The first-order valence-corrected chi connectivity index (χ1v) is 9.11. The van der Waals surface area contributed by atoms with Crippen LogP contribution in [-0.2, 0) is 6.42 Å². The molecule has 0 aliphatic carbocycles. The first kappa shape index (κ1) is 17.6. The number of halogens is 1. The highest BCUT2D eigenvalue weighted by molar-refractivity contribution is 6.30. The average molecular weight is 358 g/mol. The Morgan fingerprint density at radius 3 is 2.40 bits per heavy atom. The number of carbonyl (C=O) groups is 1. The van der Waals surface area contributed by atoms with Gasteiger partial charge < -0.3 is 15.1 Å². The van der Waals surface area contributed by atoms with E-state index in [1.807, 2.05) is 17.0 Å². The lowest BCUT2D eigenvalue weighted by atomic mass is 10.0. The number of nitrogens with one attached hydrogen (secondary N) is 1. The maximum absolute atomic E-state index is 12.4. The zero-order chi connectivity index (χ0) is 17.8. The molecule has 4 nitrogen and oxygen atoms in total. The summed E-state index contributed by atoms with van der Waals surface area (Å²) in [5.74, 6) is 0. The van der Waals surface area contributed by atoms with Crippen LogP contribution < -0.4 is 10.2 Å². The zero-order valence-corrected chi connectivity index (χ0v) is 15.5. The molecule has 132 valence electrons. The van der Waals surface area contributed by atoms with Gasteiger partial charge in [-0.15, -0.1) is 0 Å². The van der Waals surface area contributed by atoms with Crippen molar-refractivity contribution in [1.29, 1.82) is 0 Å². The van der Waals surface area contributed by atoms with Crippen LogP contribution in [0.5, 0.6) is 0 Å².